The van der Waals surface area contributed by atoms with E-state index in [0.29, 0.717) is 6.07 Å². The first-order chi connectivity index (χ1) is 8.36. The van der Waals surface area contributed by atoms with E-state index in [1.807, 2.05) is 0 Å². The highest BCUT2D eigenvalue weighted by Gasteiger charge is 2.24. The second kappa shape index (κ2) is 5.21. The van der Waals surface area contributed by atoms with Crippen LogP contribution in [0.5, 0.6) is 5.75 Å². The van der Waals surface area contributed by atoms with Crippen LogP contribution < -0.4 is 0 Å². The van der Waals surface area contributed by atoms with Crippen molar-refractivity contribution in [2.45, 2.75) is 19.8 Å². The maximum Gasteiger partial charge on any atom is 0.317 e. The monoisotopic (exact) mass is 254 g/mol. The minimum atomic E-state index is -0.928. The number of aromatic hydroxyl groups is 1. The number of nitro groups is 2. The van der Waals surface area contributed by atoms with Crippen molar-refractivity contribution in [2.75, 3.05) is 0 Å². The summed E-state index contributed by atoms with van der Waals surface area (Å²) >= 11 is 0. The molecule has 0 aromatic heterocycles. The van der Waals surface area contributed by atoms with Crippen molar-refractivity contribution >= 4 is 17.2 Å². The van der Waals surface area contributed by atoms with Gasteiger partial charge in [-0.2, -0.15) is 0 Å². The van der Waals surface area contributed by atoms with Crippen LogP contribution in [0.1, 0.15) is 18.9 Å². The summed E-state index contributed by atoms with van der Waals surface area (Å²) in [6.45, 7) is 1.59. The molecule has 1 aromatic rings. The first-order valence-electron chi connectivity index (χ1n) is 5.03. The molecule has 0 aliphatic heterocycles. The van der Waals surface area contributed by atoms with Gasteiger partial charge >= 0.3 is 5.69 Å². The summed E-state index contributed by atoms with van der Waals surface area (Å²) in [7, 11) is 0. The number of carbonyl (C=O) groups is 1. The highest BCUT2D eigenvalue weighted by Crippen LogP contribution is 2.34. The SMILES string of the molecule is CCC(=O)Cc1cc([N+](=O)[O-])cc([N+](=O)[O-])c1O. The van der Waals surface area contributed by atoms with E-state index in [1.165, 1.54) is 0 Å². The Labute approximate surface area is 101 Å². The van der Waals surface area contributed by atoms with Gasteiger partial charge in [-0.15, -0.1) is 0 Å². The fourth-order valence-electron chi connectivity index (χ4n) is 1.38. The van der Waals surface area contributed by atoms with Crippen molar-refractivity contribution in [2.24, 2.45) is 0 Å². The summed E-state index contributed by atoms with van der Waals surface area (Å²) in [5, 5.41) is 30.8. The molecular formula is C10H10N2O6. The Morgan fingerprint density at radius 1 is 1.28 bits per heavy atom. The summed E-state index contributed by atoms with van der Waals surface area (Å²) in [5.74, 6) is -0.979. The Morgan fingerprint density at radius 3 is 2.33 bits per heavy atom. The molecule has 0 aliphatic carbocycles. The van der Waals surface area contributed by atoms with E-state index in [9.17, 15) is 30.1 Å². The molecule has 0 bridgehead atoms. The smallest absolute Gasteiger partial charge is 0.317 e. The lowest BCUT2D eigenvalue weighted by molar-refractivity contribution is -0.394. The second-order valence-corrected chi connectivity index (χ2v) is 3.56. The predicted molar refractivity (Wildman–Crippen MR) is 60.4 cm³/mol. The number of phenols is 1. The lowest BCUT2D eigenvalue weighted by Gasteiger charge is -2.04. The third kappa shape index (κ3) is 2.78. The van der Waals surface area contributed by atoms with Gasteiger partial charge in [-0.05, 0) is 0 Å². The third-order valence-corrected chi connectivity index (χ3v) is 2.34. The molecule has 1 N–H and O–H groups in total. The van der Waals surface area contributed by atoms with Gasteiger partial charge in [0, 0.05) is 24.5 Å². The van der Waals surface area contributed by atoms with E-state index >= 15 is 0 Å². The fraction of sp³-hybridized carbons (Fsp3) is 0.300. The first-order valence-corrected chi connectivity index (χ1v) is 5.03. The topological polar surface area (TPSA) is 124 Å². The molecule has 0 atom stereocenters. The number of hydrogen-bond acceptors (Lipinski definition) is 6. The third-order valence-electron chi connectivity index (χ3n) is 2.34. The predicted octanol–water partition coefficient (Wildman–Crippen LogP) is 1.73. The molecule has 0 saturated heterocycles. The Hall–Kier alpha value is -2.51. The lowest BCUT2D eigenvalue weighted by atomic mass is 10.0. The van der Waals surface area contributed by atoms with Crippen LogP contribution in [0.15, 0.2) is 12.1 Å². The zero-order valence-electron chi connectivity index (χ0n) is 9.45. The van der Waals surface area contributed by atoms with Crippen LogP contribution in [-0.2, 0) is 11.2 Å². The van der Waals surface area contributed by atoms with E-state index in [4.69, 9.17) is 0 Å². The minimum absolute atomic E-state index is 0.109. The number of phenolic OH excluding ortho intramolecular Hbond substituents is 1. The quantitative estimate of drug-likeness (QED) is 0.630. The molecular weight excluding hydrogens is 244 g/mol. The van der Waals surface area contributed by atoms with Gasteiger partial charge in [0.05, 0.1) is 15.9 Å². The van der Waals surface area contributed by atoms with Gasteiger partial charge in [0.25, 0.3) is 5.69 Å². The number of nitro benzene ring substituents is 2. The fourth-order valence-corrected chi connectivity index (χ4v) is 1.38. The van der Waals surface area contributed by atoms with E-state index in [0.717, 1.165) is 6.07 Å². The van der Waals surface area contributed by atoms with E-state index in [1.54, 1.807) is 6.92 Å². The maximum atomic E-state index is 11.2. The molecule has 8 heteroatoms. The standard InChI is InChI=1S/C10H10N2O6/c1-2-8(13)4-6-3-7(11(15)16)5-9(10(6)14)12(17)18/h3,5,14H,2,4H2,1H3. The minimum Gasteiger partial charge on any atom is -0.502 e. The zero-order chi connectivity index (χ0) is 13.9. The summed E-state index contributed by atoms with van der Waals surface area (Å²) in [6.07, 6.45) is -0.0964. The van der Waals surface area contributed by atoms with Crippen molar-refractivity contribution in [3.05, 3.63) is 37.9 Å². The molecule has 8 nitrogen and oxygen atoms in total. The Morgan fingerprint density at radius 2 is 1.89 bits per heavy atom. The number of Topliss-reactive ketones (excluding diaryl/α,β-unsaturated/α-hetero) is 1. The van der Waals surface area contributed by atoms with Crippen LogP contribution in [0.4, 0.5) is 11.4 Å². The number of nitrogens with zero attached hydrogens (tertiary/aromatic N) is 2. The van der Waals surface area contributed by atoms with Gasteiger partial charge < -0.3 is 5.11 Å². The molecule has 0 unspecified atom stereocenters. The van der Waals surface area contributed by atoms with Gasteiger partial charge in [0.2, 0.25) is 0 Å². The number of non-ortho nitro benzene ring substituents is 1. The highest BCUT2D eigenvalue weighted by atomic mass is 16.6. The molecule has 18 heavy (non-hydrogen) atoms. The molecule has 0 radical (unpaired) electrons. The van der Waals surface area contributed by atoms with Crippen molar-refractivity contribution in [3.8, 4) is 5.75 Å². The summed E-state index contributed by atoms with van der Waals surface area (Å²) < 4.78 is 0. The van der Waals surface area contributed by atoms with Gasteiger partial charge in [-0.3, -0.25) is 25.0 Å². The van der Waals surface area contributed by atoms with Gasteiger partial charge in [-0.1, -0.05) is 6.92 Å². The maximum absolute atomic E-state index is 11.2. The molecule has 96 valence electrons. The van der Waals surface area contributed by atoms with E-state index in [2.05, 4.69) is 0 Å². The normalized spacial score (nSPS) is 10.1. The van der Waals surface area contributed by atoms with Crippen LogP contribution in [0.3, 0.4) is 0 Å². The number of carbonyl (C=O) groups excluding carboxylic acids is 1. The Balaban J connectivity index is 3.35. The largest absolute Gasteiger partial charge is 0.502 e. The number of rotatable bonds is 5. The van der Waals surface area contributed by atoms with Crippen LogP contribution in [-0.4, -0.2) is 20.7 Å². The molecule has 1 rings (SSSR count). The molecule has 0 saturated carbocycles. The van der Waals surface area contributed by atoms with Crippen LogP contribution in [0.25, 0.3) is 0 Å². The van der Waals surface area contributed by atoms with Crippen LogP contribution >= 0.6 is 0 Å². The lowest BCUT2D eigenvalue weighted by Crippen LogP contribution is -2.03. The van der Waals surface area contributed by atoms with E-state index < -0.39 is 27.0 Å². The molecule has 1 aromatic carbocycles. The average Bonchev–Trinajstić information content (AvgIpc) is 2.30. The number of hydrogen-bond donors (Lipinski definition) is 1. The van der Waals surface area contributed by atoms with Crippen molar-refractivity contribution in [1.29, 1.82) is 0 Å². The zero-order valence-corrected chi connectivity index (χ0v) is 9.45. The summed E-state index contributed by atoms with van der Waals surface area (Å²) in [5.41, 5.74) is -1.41. The second-order valence-electron chi connectivity index (χ2n) is 3.56. The number of benzene rings is 1. The Kier molecular flexibility index (Phi) is 3.93. The molecule has 0 amide bonds. The molecule has 0 heterocycles. The van der Waals surface area contributed by atoms with Gasteiger partial charge in [-0.25, -0.2) is 0 Å². The van der Waals surface area contributed by atoms with Gasteiger partial charge in [0.1, 0.15) is 5.78 Å². The summed E-state index contributed by atoms with van der Waals surface area (Å²) in [4.78, 5) is 30.8. The van der Waals surface area contributed by atoms with Crippen molar-refractivity contribution < 1.29 is 19.7 Å². The van der Waals surface area contributed by atoms with Crippen molar-refractivity contribution in [3.63, 3.8) is 0 Å². The summed E-state index contributed by atoms with van der Waals surface area (Å²) in [6, 6.07) is 1.63. The number of ketones is 1. The Bertz CT molecular complexity index is 525. The van der Waals surface area contributed by atoms with Crippen LogP contribution in [0, 0.1) is 20.2 Å². The highest BCUT2D eigenvalue weighted by molar-refractivity contribution is 5.82. The van der Waals surface area contributed by atoms with E-state index in [-0.39, 0.29) is 24.2 Å². The average molecular weight is 254 g/mol. The molecule has 0 fully saturated rings. The van der Waals surface area contributed by atoms with Gasteiger partial charge in [0.15, 0.2) is 5.75 Å². The first kappa shape index (κ1) is 13.6. The molecule has 0 aliphatic rings. The molecule has 0 spiro atoms. The van der Waals surface area contributed by atoms with Crippen LogP contribution in [0.2, 0.25) is 0 Å². The van der Waals surface area contributed by atoms with Crippen molar-refractivity contribution in [1.82, 2.24) is 0 Å².